The van der Waals surface area contributed by atoms with Crippen LogP contribution in [0.4, 0.5) is 0 Å². The second-order valence-electron chi connectivity index (χ2n) is 6.56. The number of nitrogens with one attached hydrogen (secondary N) is 1. The monoisotopic (exact) mass is 389 g/mol. The first-order valence-electron chi connectivity index (χ1n) is 8.09. The van der Waals surface area contributed by atoms with Crippen LogP contribution >= 0.6 is 0 Å². The second kappa shape index (κ2) is 6.34. The predicted octanol–water partition coefficient (Wildman–Crippen LogP) is 1.93. The molecule has 0 aliphatic heterocycles. The maximum atomic E-state index is 13.0. The zero-order valence-corrected chi connectivity index (χ0v) is 16.4. The summed E-state index contributed by atoms with van der Waals surface area (Å²) >= 11 is 0. The molecular formula is C18H19N3O5S. The molecule has 0 fully saturated rings. The summed E-state index contributed by atoms with van der Waals surface area (Å²) in [6.07, 6.45) is 2.44. The van der Waals surface area contributed by atoms with Crippen LogP contribution in [0.15, 0.2) is 32.5 Å². The minimum atomic E-state index is -3.61. The summed E-state index contributed by atoms with van der Waals surface area (Å²) in [7, 11) is -2.10. The van der Waals surface area contributed by atoms with Crippen LogP contribution in [-0.4, -0.2) is 35.4 Å². The molecule has 3 aromatic rings. The van der Waals surface area contributed by atoms with E-state index in [2.05, 4.69) is 10.3 Å². The average Bonchev–Trinajstić information content (AvgIpc) is 3.13. The number of aromatic nitrogens is 3. The van der Waals surface area contributed by atoms with Crippen LogP contribution in [-0.2, 0) is 16.9 Å². The van der Waals surface area contributed by atoms with Gasteiger partial charge in [0.1, 0.15) is 5.56 Å². The molecule has 0 aliphatic carbocycles. The Labute approximate surface area is 155 Å². The maximum Gasteiger partial charge on any atom is 0.277 e. The molecule has 142 valence electrons. The van der Waals surface area contributed by atoms with Crippen LogP contribution in [0.25, 0.3) is 11.3 Å². The number of aryl methyl sites for hydroxylation is 3. The van der Waals surface area contributed by atoms with Gasteiger partial charge in [-0.3, -0.25) is 14.3 Å². The van der Waals surface area contributed by atoms with Crippen molar-refractivity contribution in [2.75, 3.05) is 6.26 Å². The van der Waals surface area contributed by atoms with Crippen molar-refractivity contribution in [1.82, 2.24) is 14.9 Å². The van der Waals surface area contributed by atoms with Crippen molar-refractivity contribution in [2.24, 2.45) is 7.05 Å². The lowest BCUT2D eigenvalue weighted by molar-refractivity contribution is 0.103. The molecule has 1 N–H and O–H groups in total. The van der Waals surface area contributed by atoms with Crippen LogP contribution in [0.3, 0.4) is 0 Å². The largest absolute Gasteiger partial charge is 0.356 e. The highest BCUT2D eigenvalue weighted by atomic mass is 32.2. The zero-order valence-electron chi connectivity index (χ0n) is 15.6. The van der Waals surface area contributed by atoms with E-state index in [4.69, 9.17) is 4.52 Å². The van der Waals surface area contributed by atoms with E-state index in [0.29, 0.717) is 16.8 Å². The molecule has 2 aromatic heterocycles. The fourth-order valence-corrected chi connectivity index (χ4v) is 4.42. The highest BCUT2D eigenvalue weighted by Gasteiger charge is 2.28. The molecule has 0 bridgehead atoms. The predicted molar refractivity (Wildman–Crippen MR) is 98.7 cm³/mol. The van der Waals surface area contributed by atoms with Crippen molar-refractivity contribution >= 4 is 15.6 Å². The molecule has 0 saturated carbocycles. The molecule has 27 heavy (non-hydrogen) atoms. The van der Waals surface area contributed by atoms with Gasteiger partial charge < -0.3 is 9.62 Å². The SMILES string of the molecule is Cc1cc(-c2c(C)c(C(=O)c3c[nH]n(C)c3=O)cc(C)c2S(C)(=O)=O)on1. The topological polar surface area (TPSA) is 115 Å². The summed E-state index contributed by atoms with van der Waals surface area (Å²) in [5.74, 6) is -0.236. The summed E-state index contributed by atoms with van der Waals surface area (Å²) in [6.45, 7) is 4.95. The average molecular weight is 389 g/mol. The van der Waals surface area contributed by atoms with Gasteiger partial charge in [0.05, 0.1) is 10.6 Å². The molecule has 0 amide bonds. The van der Waals surface area contributed by atoms with Crippen LogP contribution in [0.5, 0.6) is 0 Å². The molecular weight excluding hydrogens is 370 g/mol. The lowest BCUT2D eigenvalue weighted by Crippen LogP contribution is -2.20. The molecule has 0 atom stereocenters. The Kier molecular flexibility index (Phi) is 4.43. The van der Waals surface area contributed by atoms with Crippen LogP contribution in [0.2, 0.25) is 0 Å². The van der Waals surface area contributed by atoms with Crippen molar-refractivity contribution in [2.45, 2.75) is 25.7 Å². The van der Waals surface area contributed by atoms with Gasteiger partial charge >= 0.3 is 0 Å². The number of carbonyl (C=O) groups is 1. The third-order valence-corrected chi connectivity index (χ3v) is 5.66. The Bertz CT molecular complexity index is 1230. The second-order valence-corrected chi connectivity index (χ2v) is 8.51. The number of aromatic amines is 1. The van der Waals surface area contributed by atoms with Crippen LogP contribution in [0, 0.1) is 20.8 Å². The number of nitrogens with zero attached hydrogens (tertiary/aromatic N) is 2. The zero-order chi connectivity index (χ0) is 20.1. The highest BCUT2D eigenvalue weighted by molar-refractivity contribution is 7.90. The fourth-order valence-electron chi connectivity index (χ4n) is 3.15. The quantitative estimate of drug-likeness (QED) is 0.682. The number of benzene rings is 1. The maximum absolute atomic E-state index is 13.0. The minimum absolute atomic E-state index is 0.0215. The molecule has 0 spiro atoms. The van der Waals surface area contributed by atoms with E-state index in [1.54, 1.807) is 26.8 Å². The van der Waals surface area contributed by atoms with E-state index in [1.807, 2.05) is 0 Å². The molecule has 0 saturated heterocycles. The number of H-pyrrole nitrogens is 1. The van der Waals surface area contributed by atoms with Gasteiger partial charge in [-0.25, -0.2) is 8.42 Å². The number of hydrogen-bond acceptors (Lipinski definition) is 6. The van der Waals surface area contributed by atoms with E-state index >= 15 is 0 Å². The Morgan fingerprint density at radius 3 is 2.33 bits per heavy atom. The minimum Gasteiger partial charge on any atom is -0.356 e. The number of ketones is 1. The lowest BCUT2D eigenvalue weighted by atomic mass is 9.93. The molecule has 8 nitrogen and oxygen atoms in total. The van der Waals surface area contributed by atoms with Crippen molar-refractivity contribution in [3.05, 3.63) is 56.6 Å². The third kappa shape index (κ3) is 3.14. The summed E-state index contributed by atoms with van der Waals surface area (Å²) in [5.41, 5.74) is 1.42. The highest BCUT2D eigenvalue weighted by Crippen LogP contribution is 2.36. The number of rotatable bonds is 4. The fraction of sp³-hybridized carbons (Fsp3) is 0.278. The molecule has 3 rings (SSSR count). The van der Waals surface area contributed by atoms with Gasteiger partial charge in [0.15, 0.2) is 21.4 Å². The Hall–Kier alpha value is -2.94. The van der Waals surface area contributed by atoms with Crippen LogP contribution in [0.1, 0.15) is 32.7 Å². The Morgan fingerprint density at radius 1 is 1.19 bits per heavy atom. The standard InChI is InChI=1S/C18H19N3O5S/c1-9-6-12(16(22)13-8-19-21(4)18(13)23)11(3)15(17(9)27(5,24)25)14-7-10(2)20-26-14/h6-8,19H,1-5H3. The van der Waals surface area contributed by atoms with Crippen molar-refractivity contribution in [1.29, 1.82) is 0 Å². The Balaban J connectivity index is 2.36. The van der Waals surface area contributed by atoms with E-state index in [9.17, 15) is 18.0 Å². The first-order chi connectivity index (χ1) is 12.5. The van der Waals surface area contributed by atoms with E-state index in [0.717, 1.165) is 6.26 Å². The summed E-state index contributed by atoms with van der Waals surface area (Å²) in [6, 6.07) is 3.10. The molecule has 1 aromatic carbocycles. The van der Waals surface area contributed by atoms with E-state index in [1.165, 1.54) is 24.0 Å². The number of sulfone groups is 1. The molecule has 0 aliphatic rings. The Morgan fingerprint density at radius 2 is 1.85 bits per heavy atom. The number of hydrogen-bond donors (Lipinski definition) is 1. The molecule has 0 radical (unpaired) electrons. The van der Waals surface area contributed by atoms with E-state index in [-0.39, 0.29) is 27.3 Å². The normalized spacial score (nSPS) is 11.7. The lowest BCUT2D eigenvalue weighted by Gasteiger charge is -2.15. The number of carbonyl (C=O) groups excluding carboxylic acids is 1. The molecule has 9 heteroatoms. The first kappa shape index (κ1) is 18.8. The van der Waals surface area contributed by atoms with Gasteiger partial charge in [0.25, 0.3) is 5.56 Å². The van der Waals surface area contributed by atoms with Gasteiger partial charge in [-0.1, -0.05) is 5.16 Å². The van der Waals surface area contributed by atoms with Gasteiger partial charge in [-0.2, -0.15) is 0 Å². The van der Waals surface area contributed by atoms with Crippen LogP contribution < -0.4 is 5.56 Å². The van der Waals surface area contributed by atoms with Crippen molar-refractivity contribution in [3.63, 3.8) is 0 Å². The summed E-state index contributed by atoms with van der Waals surface area (Å²) in [5, 5.41) is 6.49. The third-order valence-electron chi connectivity index (χ3n) is 4.40. The molecule has 0 unspecified atom stereocenters. The van der Waals surface area contributed by atoms with Gasteiger partial charge in [-0.05, 0) is 38.0 Å². The summed E-state index contributed by atoms with van der Waals surface area (Å²) < 4.78 is 31.3. The van der Waals surface area contributed by atoms with Gasteiger partial charge in [0.2, 0.25) is 0 Å². The van der Waals surface area contributed by atoms with Gasteiger partial charge in [-0.15, -0.1) is 0 Å². The van der Waals surface area contributed by atoms with Crippen molar-refractivity contribution in [3.8, 4) is 11.3 Å². The van der Waals surface area contributed by atoms with Crippen molar-refractivity contribution < 1.29 is 17.7 Å². The van der Waals surface area contributed by atoms with E-state index < -0.39 is 21.2 Å². The smallest absolute Gasteiger partial charge is 0.277 e. The first-order valence-corrected chi connectivity index (χ1v) is 9.98. The summed E-state index contributed by atoms with van der Waals surface area (Å²) in [4.78, 5) is 25.2. The van der Waals surface area contributed by atoms with Gasteiger partial charge in [0, 0.05) is 36.7 Å². The molecule has 2 heterocycles.